The Labute approximate surface area is 117 Å². The summed E-state index contributed by atoms with van der Waals surface area (Å²) in [5, 5.41) is 12.7. The fourth-order valence-electron chi connectivity index (χ4n) is 2.20. The van der Waals surface area contributed by atoms with Crippen LogP contribution in [0.5, 0.6) is 0 Å². The summed E-state index contributed by atoms with van der Waals surface area (Å²) in [5.74, 6) is 0.658. The maximum atomic E-state index is 9.23. The number of aliphatic hydroxyl groups excluding tert-OH is 1. The molecule has 1 aromatic carbocycles. The lowest BCUT2D eigenvalue weighted by Gasteiger charge is -2.30. The summed E-state index contributed by atoms with van der Waals surface area (Å²) in [4.78, 5) is 2.26. The van der Waals surface area contributed by atoms with Crippen LogP contribution in [0.1, 0.15) is 33.3 Å². The molecule has 0 bridgehead atoms. The van der Waals surface area contributed by atoms with E-state index in [9.17, 15) is 5.11 Å². The maximum absolute atomic E-state index is 9.23. The number of aliphatic hydroxyl groups is 1. The van der Waals surface area contributed by atoms with Crippen LogP contribution in [0, 0.1) is 5.92 Å². The predicted octanol–water partition coefficient (Wildman–Crippen LogP) is 2.64. The van der Waals surface area contributed by atoms with Gasteiger partial charge in [0.2, 0.25) is 0 Å². The molecule has 0 heterocycles. The van der Waals surface area contributed by atoms with Crippen molar-refractivity contribution in [2.45, 2.75) is 40.3 Å². The summed E-state index contributed by atoms with van der Waals surface area (Å²) < 4.78 is 0. The Hall–Kier alpha value is -1.06. The zero-order valence-electron chi connectivity index (χ0n) is 12.7. The van der Waals surface area contributed by atoms with Crippen molar-refractivity contribution in [3.05, 3.63) is 29.8 Å². The molecule has 2 N–H and O–H groups in total. The van der Waals surface area contributed by atoms with Gasteiger partial charge < -0.3 is 15.3 Å². The van der Waals surface area contributed by atoms with Crippen molar-refractivity contribution < 1.29 is 5.11 Å². The zero-order valence-corrected chi connectivity index (χ0v) is 12.7. The van der Waals surface area contributed by atoms with Gasteiger partial charge in [-0.25, -0.2) is 0 Å². The average Bonchev–Trinajstić information content (AvgIpc) is 2.36. The van der Waals surface area contributed by atoms with Gasteiger partial charge in [0.05, 0.1) is 6.61 Å². The predicted molar refractivity (Wildman–Crippen MR) is 82.6 cm³/mol. The average molecular weight is 264 g/mol. The molecule has 19 heavy (non-hydrogen) atoms. The van der Waals surface area contributed by atoms with Crippen molar-refractivity contribution in [3.63, 3.8) is 0 Å². The Morgan fingerprint density at radius 3 is 2.42 bits per heavy atom. The number of anilines is 1. The van der Waals surface area contributed by atoms with Gasteiger partial charge in [0.1, 0.15) is 0 Å². The first-order valence-corrected chi connectivity index (χ1v) is 7.22. The standard InChI is InChI=1S/C16H28N2O/c1-13(2)11-17-12-15-7-5-6-8-16(15)18(9-10-19)14(3)4/h5-8,13-14,17,19H,9-12H2,1-4H3. The van der Waals surface area contributed by atoms with Crippen LogP contribution in [0.3, 0.4) is 0 Å². The van der Waals surface area contributed by atoms with E-state index in [1.54, 1.807) is 0 Å². The second kappa shape index (κ2) is 8.18. The molecule has 1 rings (SSSR count). The quantitative estimate of drug-likeness (QED) is 0.757. The summed E-state index contributed by atoms with van der Waals surface area (Å²) in [6, 6.07) is 8.83. The second-order valence-electron chi connectivity index (χ2n) is 5.66. The monoisotopic (exact) mass is 264 g/mol. The van der Waals surface area contributed by atoms with Crippen LogP contribution >= 0.6 is 0 Å². The Bertz CT molecular complexity index is 364. The fraction of sp³-hybridized carbons (Fsp3) is 0.625. The first-order chi connectivity index (χ1) is 9.06. The molecular weight excluding hydrogens is 236 g/mol. The minimum atomic E-state index is 0.186. The molecule has 1 aromatic rings. The minimum Gasteiger partial charge on any atom is -0.395 e. The zero-order chi connectivity index (χ0) is 14.3. The second-order valence-corrected chi connectivity index (χ2v) is 5.66. The largest absolute Gasteiger partial charge is 0.395 e. The van der Waals surface area contributed by atoms with Crippen LogP contribution in [0.4, 0.5) is 5.69 Å². The number of rotatable bonds is 8. The van der Waals surface area contributed by atoms with Crippen molar-refractivity contribution in [1.82, 2.24) is 5.32 Å². The van der Waals surface area contributed by atoms with Crippen molar-refractivity contribution in [1.29, 1.82) is 0 Å². The number of para-hydroxylation sites is 1. The van der Waals surface area contributed by atoms with E-state index in [2.05, 4.69) is 62.2 Å². The number of nitrogens with one attached hydrogen (secondary N) is 1. The van der Waals surface area contributed by atoms with E-state index in [0.717, 1.165) is 13.1 Å². The smallest absolute Gasteiger partial charge is 0.0606 e. The Morgan fingerprint density at radius 2 is 1.84 bits per heavy atom. The molecule has 108 valence electrons. The number of nitrogens with zero attached hydrogens (tertiary/aromatic N) is 1. The normalized spacial score (nSPS) is 11.3. The van der Waals surface area contributed by atoms with Gasteiger partial charge in [-0.1, -0.05) is 32.0 Å². The minimum absolute atomic E-state index is 0.186. The number of hydrogen-bond acceptors (Lipinski definition) is 3. The molecule has 0 radical (unpaired) electrons. The molecule has 0 amide bonds. The third kappa shape index (κ3) is 5.21. The SMILES string of the molecule is CC(C)CNCc1ccccc1N(CCO)C(C)C. The van der Waals surface area contributed by atoms with Gasteiger partial charge in [-0.3, -0.25) is 0 Å². The van der Waals surface area contributed by atoms with Gasteiger partial charge >= 0.3 is 0 Å². The van der Waals surface area contributed by atoms with Crippen LogP contribution in [0.15, 0.2) is 24.3 Å². The molecule has 0 saturated heterocycles. The van der Waals surface area contributed by atoms with Crippen molar-refractivity contribution in [2.75, 3.05) is 24.6 Å². The van der Waals surface area contributed by atoms with E-state index in [4.69, 9.17) is 0 Å². The van der Waals surface area contributed by atoms with Crippen molar-refractivity contribution in [3.8, 4) is 0 Å². The lowest BCUT2D eigenvalue weighted by Crippen LogP contribution is -2.34. The van der Waals surface area contributed by atoms with E-state index in [-0.39, 0.29) is 6.61 Å². The summed E-state index contributed by atoms with van der Waals surface area (Å²) >= 11 is 0. The molecule has 3 nitrogen and oxygen atoms in total. The van der Waals surface area contributed by atoms with E-state index >= 15 is 0 Å². The lowest BCUT2D eigenvalue weighted by molar-refractivity contribution is 0.299. The van der Waals surface area contributed by atoms with Gasteiger partial charge in [-0.2, -0.15) is 0 Å². The van der Waals surface area contributed by atoms with Crippen molar-refractivity contribution >= 4 is 5.69 Å². The van der Waals surface area contributed by atoms with E-state index in [1.807, 2.05) is 0 Å². The molecule has 0 saturated carbocycles. The van der Waals surface area contributed by atoms with Gasteiger partial charge in [-0.05, 0) is 37.9 Å². The summed E-state index contributed by atoms with van der Waals surface area (Å²) in [7, 11) is 0. The Morgan fingerprint density at radius 1 is 1.16 bits per heavy atom. The maximum Gasteiger partial charge on any atom is 0.0606 e. The van der Waals surface area contributed by atoms with Crippen LogP contribution in [-0.2, 0) is 6.54 Å². The van der Waals surface area contributed by atoms with Crippen LogP contribution in [0.25, 0.3) is 0 Å². The van der Waals surface area contributed by atoms with E-state index in [0.29, 0.717) is 18.5 Å². The molecular formula is C16H28N2O. The molecule has 0 aromatic heterocycles. The van der Waals surface area contributed by atoms with E-state index < -0.39 is 0 Å². The summed E-state index contributed by atoms with van der Waals surface area (Å²) in [6.45, 7) is 11.5. The first-order valence-electron chi connectivity index (χ1n) is 7.22. The lowest BCUT2D eigenvalue weighted by atomic mass is 10.1. The van der Waals surface area contributed by atoms with Gasteiger partial charge in [0.25, 0.3) is 0 Å². The number of benzene rings is 1. The molecule has 0 aliphatic carbocycles. The summed E-state index contributed by atoms with van der Waals surface area (Å²) in [5.41, 5.74) is 2.52. The highest BCUT2D eigenvalue weighted by molar-refractivity contribution is 5.54. The third-order valence-electron chi connectivity index (χ3n) is 3.13. The number of hydrogen-bond donors (Lipinski definition) is 2. The molecule has 0 aliphatic rings. The highest BCUT2D eigenvalue weighted by Gasteiger charge is 2.13. The first kappa shape index (κ1) is 16.0. The molecule has 0 aliphatic heterocycles. The van der Waals surface area contributed by atoms with Crippen LogP contribution in [0.2, 0.25) is 0 Å². The molecule has 0 unspecified atom stereocenters. The highest BCUT2D eigenvalue weighted by Crippen LogP contribution is 2.22. The van der Waals surface area contributed by atoms with E-state index in [1.165, 1.54) is 11.3 Å². The van der Waals surface area contributed by atoms with Crippen LogP contribution < -0.4 is 10.2 Å². The van der Waals surface area contributed by atoms with Gasteiger partial charge in [0, 0.05) is 24.8 Å². The summed E-state index contributed by atoms with van der Waals surface area (Å²) in [6.07, 6.45) is 0. The topological polar surface area (TPSA) is 35.5 Å². The fourth-order valence-corrected chi connectivity index (χ4v) is 2.20. The Kier molecular flexibility index (Phi) is 6.89. The van der Waals surface area contributed by atoms with Gasteiger partial charge in [-0.15, -0.1) is 0 Å². The van der Waals surface area contributed by atoms with Gasteiger partial charge in [0.15, 0.2) is 0 Å². The molecule has 0 atom stereocenters. The molecule has 0 fully saturated rings. The highest BCUT2D eigenvalue weighted by atomic mass is 16.3. The van der Waals surface area contributed by atoms with Crippen molar-refractivity contribution in [2.24, 2.45) is 5.92 Å². The molecule has 0 spiro atoms. The van der Waals surface area contributed by atoms with Crippen LogP contribution in [-0.4, -0.2) is 30.8 Å². The Balaban J connectivity index is 2.81. The third-order valence-corrected chi connectivity index (χ3v) is 3.13. The molecule has 3 heteroatoms.